The fourth-order valence-electron chi connectivity index (χ4n) is 4.41. The Hall–Kier alpha value is -4.50. The maximum atomic E-state index is 12.6. The highest BCUT2D eigenvalue weighted by Crippen LogP contribution is 2.25. The molecule has 0 atom stereocenters. The minimum Gasteiger partial charge on any atom is -0.378 e. The highest BCUT2D eigenvalue weighted by atomic mass is 16.5. The second-order valence-electron chi connectivity index (χ2n) is 8.67. The topological polar surface area (TPSA) is 100 Å². The smallest absolute Gasteiger partial charge is 0.229 e. The Morgan fingerprint density at radius 1 is 1.03 bits per heavy atom. The molecule has 0 saturated carbocycles. The first-order valence-corrected chi connectivity index (χ1v) is 11.9. The van der Waals surface area contributed by atoms with Crippen LogP contribution < -0.4 is 10.2 Å². The summed E-state index contributed by atoms with van der Waals surface area (Å²) in [4.78, 5) is 23.8. The molecule has 5 heterocycles. The van der Waals surface area contributed by atoms with E-state index < -0.39 is 0 Å². The summed E-state index contributed by atoms with van der Waals surface area (Å²) in [5.74, 6) is 1.47. The van der Waals surface area contributed by atoms with Gasteiger partial charge in [0.1, 0.15) is 11.5 Å². The van der Waals surface area contributed by atoms with E-state index in [1.807, 2.05) is 48.5 Å². The first kappa shape index (κ1) is 22.0. The summed E-state index contributed by atoms with van der Waals surface area (Å²) >= 11 is 0. The normalized spacial score (nSPS) is 13.7. The number of hydrogen-bond acceptors (Lipinski definition) is 6. The van der Waals surface area contributed by atoms with Crippen LogP contribution >= 0.6 is 0 Å². The van der Waals surface area contributed by atoms with Crippen molar-refractivity contribution in [2.75, 3.05) is 36.5 Å². The molecule has 5 aromatic rings. The van der Waals surface area contributed by atoms with Gasteiger partial charge in [0.15, 0.2) is 5.82 Å². The molecule has 0 spiro atoms. The minimum atomic E-state index is -0.130. The van der Waals surface area contributed by atoms with Crippen molar-refractivity contribution in [1.29, 1.82) is 0 Å². The number of pyridine rings is 2. The average Bonchev–Trinajstić information content (AvgIpc) is 3.57. The van der Waals surface area contributed by atoms with Crippen molar-refractivity contribution in [3.05, 3.63) is 84.8 Å². The van der Waals surface area contributed by atoms with Crippen molar-refractivity contribution in [2.45, 2.75) is 6.42 Å². The van der Waals surface area contributed by atoms with Gasteiger partial charge in [-0.15, -0.1) is 0 Å². The van der Waals surface area contributed by atoms with Crippen molar-refractivity contribution in [3.8, 4) is 22.5 Å². The molecule has 36 heavy (non-hydrogen) atoms. The molecule has 180 valence electrons. The standard InChI is InChI=1S/C27H25N7O2/c35-26(30-24-16-22(31-32-24)21-3-2-10-28-17-21)15-19-6-8-20(9-7-19)23-18-34-25(29-23)4-1-5-27(34)33-11-13-36-14-12-33/h1-10,16-18H,11-15H2,(H2,30,31,32,35). The van der Waals surface area contributed by atoms with E-state index in [9.17, 15) is 4.79 Å². The van der Waals surface area contributed by atoms with Gasteiger partial charge in [-0.3, -0.25) is 19.3 Å². The number of amides is 1. The van der Waals surface area contributed by atoms with Crippen LogP contribution in [0.15, 0.2) is 79.3 Å². The zero-order chi connectivity index (χ0) is 24.3. The molecule has 1 aromatic carbocycles. The Bertz CT molecular complexity index is 1490. The molecule has 1 fully saturated rings. The number of anilines is 2. The molecular formula is C27H25N7O2. The van der Waals surface area contributed by atoms with E-state index in [1.165, 1.54) is 0 Å². The molecule has 4 aromatic heterocycles. The molecular weight excluding hydrogens is 454 g/mol. The predicted octanol–water partition coefficient (Wildman–Crippen LogP) is 3.80. The Balaban J connectivity index is 1.14. The Morgan fingerprint density at radius 2 is 1.89 bits per heavy atom. The summed E-state index contributed by atoms with van der Waals surface area (Å²) in [7, 11) is 0. The number of nitrogens with zero attached hydrogens (tertiary/aromatic N) is 5. The predicted molar refractivity (Wildman–Crippen MR) is 138 cm³/mol. The zero-order valence-electron chi connectivity index (χ0n) is 19.6. The van der Waals surface area contributed by atoms with Gasteiger partial charge in [-0.05, 0) is 29.8 Å². The number of aromatic amines is 1. The van der Waals surface area contributed by atoms with E-state index >= 15 is 0 Å². The number of imidazole rings is 1. The van der Waals surface area contributed by atoms with Gasteiger partial charge in [0.2, 0.25) is 5.91 Å². The third kappa shape index (κ3) is 4.56. The highest BCUT2D eigenvalue weighted by Gasteiger charge is 2.16. The maximum Gasteiger partial charge on any atom is 0.229 e. The van der Waals surface area contributed by atoms with Gasteiger partial charge in [0, 0.05) is 48.9 Å². The van der Waals surface area contributed by atoms with Crippen LogP contribution in [-0.4, -0.2) is 56.8 Å². The number of aromatic nitrogens is 5. The van der Waals surface area contributed by atoms with Gasteiger partial charge in [-0.25, -0.2) is 4.98 Å². The lowest BCUT2D eigenvalue weighted by atomic mass is 10.1. The first-order valence-electron chi connectivity index (χ1n) is 11.9. The van der Waals surface area contributed by atoms with Gasteiger partial charge in [0.25, 0.3) is 0 Å². The number of nitrogens with one attached hydrogen (secondary N) is 2. The number of rotatable bonds is 6. The third-order valence-electron chi connectivity index (χ3n) is 6.24. The first-order chi connectivity index (χ1) is 17.7. The van der Waals surface area contributed by atoms with E-state index in [2.05, 4.69) is 42.1 Å². The van der Waals surface area contributed by atoms with E-state index in [-0.39, 0.29) is 12.3 Å². The van der Waals surface area contributed by atoms with Crippen molar-refractivity contribution in [2.24, 2.45) is 0 Å². The summed E-state index contributed by atoms with van der Waals surface area (Å²) in [6.45, 7) is 3.20. The lowest BCUT2D eigenvalue weighted by molar-refractivity contribution is -0.115. The van der Waals surface area contributed by atoms with Gasteiger partial charge < -0.3 is 15.0 Å². The van der Waals surface area contributed by atoms with Crippen LogP contribution in [-0.2, 0) is 16.0 Å². The molecule has 1 aliphatic rings. The number of ether oxygens (including phenoxy) is 1. The quantitative estimate of drug-likeness (QED) is 0.384. The largest absolute Gasteiger partial charge is 0.378 e. The van der Waals surface area contributed by atoms with Crippen LogP contribution in [0.1, 0.15) is 5.56 Å². The molecule has 2 N–H and O–H groups in total. The molecule has 6 rings (SSSR count). The molecule has 1 aliphatic heterocycles. The van der Waals surface area contributed by atoms with Crippen LogP contribution in [0.25, 0.3) is 28.2 Å². The Kier molecular flexibility index (Phi) is 5.88. The zero-order valence-corrected chi connectivity index (χ0v) is 19.6. The molecule has 1 saturated heterocycles. The number of carbonyl (C=O) groups excluding carboxylic acids is 1. The second-order valence-corrected chi connectivity index (χ2v) is 8.67. The van der Waals surface area contributed by atoms with Crippen molar-refractivity contribution in [3.63, 3.8) is 0 Å². The number of benzene rings is 1. The average molecular weight is 480 g/mol. The fraction of sp³-hybridized carbons (Fsp3) is 0.185. The molecule has 0 unspecified atom stereocenters. The molecule has 0 radical (unpaired) electrons. The summed E-state index contributed by atoms with van der Waals surface area (Å²) < 4.78 is 7.63. The molecule has 1 amide bonds. The number of morpholine rings is 1. The van der Waals surface area contributed by atoms with Crippen molar-refractivity contribution < 1.29 is 9.53 Å². The van der Waals surface area contributed by atoms with E-state index in [4.69, 9.17) is 9.72 Å². The molecule has 9 heteroatoms. The SMILES string of the molecule is O=C(Cc1ccc(-c2cn3c(N4CCOCC4)cccc3n2)cc1)Nc1cc(-c2cccnc2)[nH]n1. The van der Waals surface area contributed by atoms with Crippen LogP contribution in [0.2, 0.25) is 0 Å². The number of fused-ring (bicyclic) bond motifs is 1. The monoisotopic (exact) mass is 479 g/mol. The van der Waals surface area contributed by atoms with E-state index in [0.717, 1.165) is 65.8 Å². The maximum absolute atomic E-state index is 12.6. The van der Waals surface area contributed by atoms with Crippen LogP contribution in [0.3, 0.4) is 0 Å². The van der Waals surface area contributed by atoms with Crippen molar-refractivity contribution >= 4 is 23.2 Å². The number of carbonyl (C=O) groups is 1. The summed E-state index contributed by atoms with van der Waals surface area (Å²) in [5.41, 5.74) is 5.42. The number of H-pyrrole nitrogens is 1. The van der Waals surface area contributed by atoms with Crippen LogP contribution in [0, 0.1) is 0 Å². The Morgan fingerprint density at radius 3 is 2.69 bits per heavy atom. The van der Waals surface area contributed by atoms with Gasteiger partial charge in [-0.2, -0.15) is 5.10 Å². The highest BCUT2D eigenvalue weighted by molar-refractivity contribution is 5.92. The summed E-state index contributed by atoms with van der Waals surface area (Å²) in [6.07, 6.45) is 5.78. The lowest BCUT2D eigenvalue weighted by Gasteiger charge is -2.29. The van der Waals surface area contributed by atoms with Gasteiger partial charge in [0.05, 0.1) is 31.0 Å². The molecule has 0 aliphatic carbocycles. The van der Waals surface area contributed by atoms with Crippen LogP contribution in [0.4, 0.5) is 11.6 Å². The van der Waals surface area contributed by atoms with Gasteiger partial charge >= 0.3 is 0 Å². The van der Waals surface area contributed by atoms with E-state index in [0.29, 0.717) is 5.82 Å². The van der Waals surface area contributed by atoms with Gasteiger partial charge in [-0.1, -0.05) is 30.3 Å². The Labute approximate surface area is 207 Å². The minimum absolute atomic E-state index is 0.130. The summed E-state index contributed by atoms with van der Waals surface area (Å²) in [5, 5.41) is 9.96. The molecule has 9 nitrogen and oxygen atoms in total. The summed E-state index contributed by atoms with van der Waals surface area (Å²) in [6, 6.07) is 19.7. The van der Waals surface area contributed by atoms with E-state index in [1.54, 1.807) is 18.5 Å². The van der Waals surface area contributed by atoms with Crippen molar-refractivity contribution in [1.82, 2.24) is 24.6 Å². The lowest BCUT2D eigenvalue weighted by Crippen LogP contribution is -2.37. The second kappa shape index (κ2) is 9.63. The number of hydrogen-bond donors (Lipinski definition) is 2. The third-order valence-corrected chi connectivity index (χ3v) is 6.24. The molecule has 0 bridgehead atoms. The van der Waals surface area contributed by atoms with Crippen LogP contribution in [0.5, 0.6) is 0 Å². The fourth-order valence-corrected chi connectivity index (χ4v) is 4.41.